The van der Waals surface area contributed by atoms with Crippen molar-refractivity contribution in [1.82, 2.24) is 10.3 Å². The Hall–Kier alpha value is -2.48. The van der Waals surface area contributed by atoms with Gasteiger partial charge in [-0.05, 0) is 48.0 Å². The first-order valence-corrected chi connectivity index (χ1v) is 7.83. The van der Waals surface area contributed by atoms with Gasteiger partial charge in [-0.15, -0.1) is 0 Å². The Labute approximate surface area is 148 Å². The monoisotopic (exact) mass is 367 g/mol. The fraction of sp³-hybridized carbons (Fsp3) is 0.235. The number of benzene rings is 1. The minimum atomic E-state index is -4.46. The molecular formula is C17H16F3N3OS. The van der Waals surface area contributed by atoms with Crippen LogP contribution < -0.4 is 10.6 Å². The normalized spacial score (nSPS) is 11.3. The summed E-state index contributed by atoms with van der Waals surface area (Å²) in [6, 6.07) is 9.09. The molecule has 8 heteroatoms. The van der Waals surface area contributed by atoms with Crippen molar-refractivity contribution in [2.75, 3.05) is 5.32 Å². The zero-order chi connectivity index (χ0) is 18.6. The molecule has 0 unspecified atom stereocenters. The van der Waals surface area contributed by atoms with E-state index in [1.165, 1.54) is 0 Å². The van der Waals surface area contributed by atoms with Crippen molar-refractivity contribution in [2.45, 2.75) is 25.9 Å². The number of pyridine rings is 1. The highest BCUT2D eigenvalue weighted by Gasteiger charge is 2.30. The Morgan fingerprint density at radius 1 is 1.12 bits per heavy atom. The summed E-state index contributed by atoms with van der Waals surface area (Å²) in [5.41, 5.74) is 0.665. The van der Waals surface area contributed by atoms with Crippen molar-refractivity contribution in [3.63, 3.8) is 0 Å². The van der Waals surface area contributed by atoms with E-state index >= 15 is 0 Å². The van der Waals surface area contributed by atoms with Crippen molar-refractivity contribution in [3.05, 3.63) is 59.3 Å². The van der Waals surface area contributed by atoms with Gasteiger partial charge in [-0.3, -0.25) is 10.1 Å². The van der Waals surface area contributed by atoms with Gasteiger partial charge in [0, 0.05) is 11.8 Å². The Bertz CT molecular complexity index is 756. The molecule has 132 valence electrons. The number of rotatable bonds is 3. The van der Waals surface area contributed by atoms with Gasteiger partial charge in [0.1, 0.15) is 5.82 Å². The van der Waals surface area contributed by atoms with Gasteiger partial charge < -0.3 is 5.32 Å². The van der Waals surface area contributed by atoms with Crippen LogP contribution in [0.15, 0.2) is 42.6 Å². The minimum Gasteiger partial charge on any atom is -0.317 e. The number of amides is 1. The van der Waals surface area contributed by atoms with Gasteiger partial charge in [-0.2, -0.15) is 13.2 Å². The van der Waals surface area contributed by atoms with Crippen LogP contribution in [0.2, 0.25) is 0 Å². The predicted octanol–water partition coefficient (Wildman–Crippen LogP) is 4.35. The molecule has 0 saturated heterocycles. The van der Waals surface area contributed by atoms with Gasteiger partial charge in [-0.1, -0.05) is 26.0 Å². The number of nitrogens with zero attached hydrogens (tertiary/aromatic N) is 1. The highest BCUT2D eigenvalue weighted by Crippen LogP contribution is 2.28. The molecule has 0 aliphatic heterocycles. The molecule has 2 N–H and O–H groups in total. The minimum absolute atomic E-state index is 0.0507. The molecule has 0 aliphatic rings. The molecule has 0 aliphatic carbocycles. The lowest BCUT2D eigenvalue weighted by Gasteiger charge is -2.11. The molecular weight excluding hydrogens is 351 g/mol. The number of nitrogens with one attached hydrogen (secondary N) is 2. The number of alkyl halides is 3. The summed E-state index contributed by atoms with van der Waals surface area (Å²) in [4.78, 5) is 15.7. The summed E-state index contributed by atoms with van der Waals surface area (Å²) in [7, 11) is 0. The predicted molar refractivity (Wildman–Crippen MR) is 93.5 cm³/mol. The first-order chi connectivity index (χ1) is 11.7. The van der Waals surface area contributed by atoms with E-state index < -0.39 is 17.6 Å². The molecule has 25 heavy (non-hydrogen) atoms. The van der Waals surface area contributed by atoms with Crippen LogP contribution in [0.3, 0.4) is 0 Å². The van der Waals surface area contributed by atoms with Crippen molar-refractivity contribution in [3.8, 4) is 0 Å². The third-order valence-electron chi connectivity index (χ3n) is 3.40. The fourth-order valence-corrected chi connectivity index (χ4v) is 2.18. The van der Waals surface area contributed by atoms with Gasteiger partial charge in [0.05, 0.1) is 5.56 Å². The number of aromatic nitrogens is 1. The molecule has 1 amide bonds. The summed E-state index contributed by atoms with van der Waals surface area (Å²) in [5.74, 6) is 0.0405. The number of hydrogen-bond donors (Lipinski definition) is 2. The average molecular weight is 367 g/mol. The summed E-state index contributed by atoms with van der Waals surface area (Å²) in [6.45, 7) is 4.09. The molecule has 4 nitrogen and oxygen atoms in total. The number of hydrogen-bond acceptors (Lipinski definition) is 3. The highest BCUT2D eigenvalue weighted by molar-refractivity contribution is 7.80. The maximum absolute atomic E-state index is 12.5. The largest absolute Gasteiger partial charge is 0.417 e. The summed E-state index contributed by atoms with van der Waals surface area (Å²) >= 11 is 4.98. The quantitative estimate of drug-likeness (QED) is 0.792. The van der Waals surface area contributed by atoms with Crippen molar-refractivity contribution < 1.29 is 18.0 Å². The number of thiocarbonyl (C=S) groups is 1. The Morgan fingerprint density at radius 2 is 1.76 bits per heavy atom. The van der Waals surface area contributed by atoms with Crippen LogP contribution in [0, 0.1) is 0 Å². The molecule has 1 heterocycles. The lowest BCUT2D eigenvalue weighted by Crippen LogP contribution is -2.34. The molecule has 1 aromatic heterocycles. The first kappa shape index (κ1) is 18.9. The molecule has 2 aromatic rings. The van der Waals surface area contributed by atoms with E-state index in [-0.39, 0.29) is 10.9 Å². The highest BCUT2D eigenvalue weighted by atomic mass is 32.1. The number of halogens is 3. The van der Waals surface area contributed by atoms with E-state index in [2.05, 4.69) is 15.6 Å². The van der Waals surface area contributed by atoms with E-state index in [4.69, 9.17) is 12.2 Å². The van der Waals surface area contributed by atoms with Crippen LogP contribution in [-0.2, 0) is 6.18 Å². The Kier molecular flexibility index (Phi) is 5.73. The lowest BCUT2D eigenvalue weighted by molar-refractivity contribution is -0.137. The van der Waals surface area contributed by atoms with Crippen molar-refractivity contribution >= 4 is 29.1 Å². The standard InChI is InChI=1S/C17H16F3N3OS/c1-10(2)11-3-5-12(6-4-11)15(24)23-16(25)22-14-8-7-13(9-21-14)17(18,19)20/h3-10H,1-2H3,(H2,21,22,23,24,25). The van der Waals surface area contributed by atoms with E-state index in [9.17, 15) is 18.0 Å². The molecule has 2 rings (SSSR count). The second-order valence-corrected chi connectivity index (χ2v) is 6.02. The third kappa shape index (κ3) is 5.25. The fourth-order valence-electron chi connectivity index (χ4n) is 1.98. The Balaban J connectivity index is 1.96. The SMILES string of the molecule is CC(C)c1ccc(C(=O)NC(=S)Nc2ccc(C(F)(F)F)cn2)cc1. The van der Waals surface area contributed by atoms with Crippen LogP contribution in [0.4, 0.5) is 19.0 Å². The topological polar surface area (TPSA) is 54.0 Å². The summed E-state index contributed by atoms with van der Waals surface area (Å²) < 4.78 is 37.4. The number of anilines is 1. The van der Waals surface area contributed by atoms with Crippen LogP contribution >= 0.6 is 12.2 Å². The van der Waals surface area contributed by atoms with E-state index in [1.807, 2.05) is 26.0 Å². The number of carbonyl (C=O) groups is 1. The smallest absolute Gasteiger partial charge is 0.317 e. The molecule has 1 aromatic carbocycles. The molecule has 0 fully saturated rings. The van der Waals surface area contributed by atoms with Gasteiger partial charge in [0.25, 0.3) is 5.91 Å². The molecule has 0 radical (unpaired) electrons. The van der Waals surface area contributed by atoms with Crippen LogP contribution in [0.1, 0.15) is 41.3 Å². The van der Waals surface area contributed by atoms with Crippen LogP contribution in [0.25, 0.3) is 0 Å². The molecule has 0 saturated carbocycles. The summed E-state index contributed by atoms with van der Waals surface area (Å²) in [6.07, 6.45) is -3.76. The zero-order valence-electron chi connectivity index (χ0n) is 13.5. The van der Waals surface area contributed by atoms with Gasteiger partial charge in [-0.25, -0.2) is 4.98 Å². The van der Waals surface area contributed by atoms with E-state index in [1.54, 1.807) is 12.1 Å². The van der Waals surface area contributed by atoms with E-state index in [0.717, 1.165) is 17.7 Å². The molecule has 0 atom stereocenters. The first-order valence-electron chi connectivity index (χ1n) is 7.42. The maximum atomic E-state index is 12.5. The van der Waals surface area contributed by atoms with Crippen molar-refractivity contribution in [1.29, 1.82) is 0 Å². The van der Waals surface area contributed by atoms with Crippen LogP contribution in [0.5, 0.6) is 0 Å². The van der Waals surface area contributed by atoms with Gasteiger partial charge in [0.15, 0.2) is 5.11 Å². The zero-order valence-corrected chi connectivity index (χ0v) is 14.3. The molecule has 0 spiro atoms. The van der Waals surface area contributed by atoms with Gasteiger partial charge >= 0.3 is 6.18 Å². The second-order valence-electron chi connectivity index (χ2n) is 5.61. The maximum Gasteiger partial charge on any atom is 0.417 e. The van der Waals surface area contributed by atoms with Crippen LogP contribution in [-0.4, -0.2) is 16.0 Å². The third-order valence-corrected chi connectivity index (χ3v) is 3.60. The number of carbonyl (C=O) groups excluding carboxylic acids is 1. The second kappa shape index (κ2) is 7.60. The Morgan fingerprint density at radius 3 is 2.24 bits per heavy atom. The molecule has 0 bridgehead atoms. The average Bonchev–Trinajstić information content (AvgIpc) is 2.54. The van der Waals surface area contributed by atoms with Crippen molar-refractivity contribution in [2.24, 2.45) is 0 Å². The van der Waals surface area contributed by atoms with Gasteiger partial charge in [0.2, 0.25) is 0 Å². The van der Waals surface area contributed by atoms with E-state index in [0.29, 0.717) is 17.7 Å². The lowest BCUT2D eigenvalue weighted by atomic mass is 10.0. The summed E-state index contributed by atoms with van der Waals surface area (Å²) in [5, 5.41) is 4.98.